The van der Waals surface area contributed by atoms with Crippen LogP contribution in [0.1, 0.15) is 56.6 Å². The van der Waals surface area contributed by atoms with Crippen LogP contribution in [0.5, 0.6) is 0 Å². The maximum atomic E-state index is 2.34. The Morgan fingerprint density at radius 2 is 1.71 bits per heavy atom. The summed E-state index contributed by atoms with van der Waals surface area (Å²) in [4.78, 5) is 0. The second-order valence-corrected chi connectivity index (χ2v) is 4.19. The lowest BCUT2D eigenvalue weighted by Gasteiger charge is -2.16. The van der Waals surface area contributed by atoms with Crippen LogP contribution >= 0.6 is 0 Å². The zero-order valence-electron chi connectivity index (χ0n) is 9.72. The van der Waals surface area contributed by atoms with Crippen LogP contribution in [-0.2, 0) is 0 Å². The lowest BCUT2D eigenvalue weighted by Crippen LogP contribution is -1.98. The Balaban J connectivity index is 2.75. The van der Waals surface area contributed by atoms with E-state index in [0.717, 1.165) is 5.92 Å². The SMILES string of the molecule is CCCC(CCC)c1cccc(C)c1. The standard InChI is InChI=1S/C14H22/c1-4-7-13(8-5-2)14-10-6-9-12(3)11-14/h6,9-11,13H,4-5,7-8H2,1-3H3. The predicted molar refractivity (Wildman–Crippen MR) is 63.7 cm³/mol. The van der Waals surface area contributed by atoms with E-state index < -0.39 is 0 Å². The molecule has 14 heavy (non-hydrogen) atoms. The molecule has 0 nitrogen and oxygen atoms in total. The molecule has 0 N–H and O–H groups in total. The van der Waals surface area contributed by atoms with Crippen molar-refractivity contribution < 1.29 is 0 Å². The maximum absolute atomic E-state index is 2.34. The highest BCUT2D eigenvalue weighted by Gasteiger charge is 2.08. The van der Waals surface area contributed by atoms with Crippen molar-refractivity contribution in [1.82, 2.24) is 0 Å². The van der Waals surface area contributed by atoms with E-state index in [0.29, 0.717) is 0 Å². The first-order valence-corrected chi connectivity index (χ1v) is 5.84. The number of aryl methyl sites for hydroxylation is 1. The summed E-state index contributed by atoms with van der Waals surface area (Å²) in [6.45, 7) is 6.73. The topological polar surface area (TPSA) is 0 Å². The van der Waals surface area contributed by atoms with Gasteiger partial charge in [0.25, 0.3) is 0 Å². The average molecular weight is 190 g/mol. The van der Waals surface area contributed by atoms with Crippen LogP contribution < -0.4 is 0 Å². The molecule has 1 rings (SSSR count). The molecule has 0 aliphatic heterocycles. The van der Waals surface area contributed by atoms with Crippen molar-refractivity contribution in [2.45, 2.75) is 52.4 Å². The summed E-state index contributed by atoms with van der Waals surface area (Å²) in [5, 5.41) is 0. The minimum absolute atomic E-state index is 0.782. The number of hydrogen-bond acceptors (Lipinski definition) is 0. The molecule has 0 radical (unpaired) electrons. The van der Waals surface area contributed by atoms with Crippen LogP contribution in [0.2, 0.25) is 0 Å². The summed E-state index contributed by atoms with van der Waals surface area (Å²) in [5.74, 6) is 0.782. The van der Waals surface area contributed by atoms with Gasteiger partial charge in [-0.2, -0.15) is 0 Å². The van der Waals surface area contributed by atoms with Crippen molar-refractivity contribution in [2.75, 3.05) is 0 Å². The molecule has 0 heteroatoms. The zero-order chi connectivity index (χ0) is 10.4. The predicted octanol–water partition coefficient (Wildman–Crippen LogP) is 4.68. The minimum Gasteiger partial charge on any atom is -0.0654 e. The Morgan fingerprint density at radius 3 is 2.21 bits per heavy atom. The van der Waals surface area contributed by atoms with Crippen LogP contribution in [0, 0.1) is 6.92 Å². The van der Waals surface area contributed by atoms with Gasteiger partial charge in [-0.3, -0.25) is 0 Å². The molecule has 0 amide bonds. The third-order valence-electron chi connectivity index (χ3n) is 2.79. The smallest absolute Gasteiger partial charge is 0.0162 e. The molecular weight excluding hydrogens is 168 g/mol. The van der Waals surface area contributed by atoms with Gasteiger partial charge in [0, 0.05) is 0 Å². The highest BCUT2D eigenvalue weighted by molar-refractivity contribution is 5.25. The number of benzene rings is 1. The zero-order valence-corrected chi connectivity index (χ0v) is 9.72. The van der Waals surface area contributed by atoms with Crippen molar-refractivity contribution in [3.05, 3.63) is 35.4 Å². The molecule has 0 aromatic heterocycles. The van der Waals surface area contributed by atoms with Crippen molar-refractivity contribution in [3.63, 3.8) is 0 Å². The van der Waals surface area contributed by atoms with Crippen LogP contribution in [-0.4, -0.2) is 0 Å². The van der Waals surface area contributed by atoms with E-state index in [1.165, 1.54) is 36.8 Å². The van der Waals surface area contributed by atoms with E-state index in [4.69, 9.17) is 0 Å². The lowest BCUT2D eigenvalue weighted by atomic mass is 9.90. The molecule has 0 saturated heterocycles. The van der Waals surface area contributed by atoms with Gasteiger partial charge in [0.05, 0.1) is 0 Å². The normalized spacial score (nSPS) is 10.9. The van der Waals surface area contributed by atoms with E-state index in [-0.39, 0.29) is 0 Å². The van der Waals surface area contributed by atoms with Crippen LogP contribution in [0.3, 0.4) is 0 Å². The minimum atomic E-state index is 0.782. The van der Waals surface area contributed by atoms with Crippen molar-refractivity contribution in [1.29, 1.82) is 0 Å². The van der Waals surface area contributed by atoms with E-state index in [9.17, 15) is 0 Å². The molecule has 0 bridgehead atoms. The van der Waals surface area contributed by atoms with Crippen LogP contribution in [0.4, 0.5) is 0 Å². The fraction of sp³-hybridized carbons (Fsp3) is 0.571. The molecule has 1 aromatic carbocycles. The van der Waals surface area contributed by atoms with Crippen molar-refractivity contribution in [3.8, 4) is 0 Å². The van der Waals surface area contributed by atoms with Gasteiger partial charge in [-0.15, -0.1) is 0 Å². The Morgan fingerprint density at radius 1 is 1.07 bits per heavy atom. The second-order valence-electron chi connectivity index (χ2n) is 4.19. The Hall–Kier alpha value is -0.780. The first kappa shape index (κ1) is 11.3. The highest BCUT2D eigenvalue weighted by Crippen LogP contribution is 2.26. The molecule has 1 aromatic rings. The van der Waals surface area contributed by atoms with Gasteiger partial charge < -0.3 is 0 Å². The summed E-state index contributed by atoms with van der Waals surface area (Å²) in [6, 6.07) is 8.99. The second kappa shape index (κ2) is 5.85. The largest absolute Gasteiger partial charge is 0.0654 e. The van der Waals surface area contributed by atoms with Gasteiger partial charge in [0.2, 0.25) is 0 Å². The lowest BCUT2D eigenvalue weighted by molar-refractivity contribution is 0.560. The van der Waals surface area contributed by atoms with Gasteiger partial charge in [0.15, 0.2) is 0 Å². The van der Waals surface area contributed by atoms with Gasteiger partial charge in [-0.25, -0.2) is 0 Å². The fourth-order valence-corrected chi connectivity index (χ4v) is 2.10. The highest BCUT2D eigenvalue weighted by atomic mass is 14.1. The van der Waals surface area contributed by atoms with Gasteiger partial charge in [-0.1, -0.05) is 56.5 Å². The monoisotopic (exact) mass is 190 g/mol. The maximum Gasteiger partial charge on any atom is -0.0162 e. The Labute approximate surface area is 88.4 Å². The molecule has 0 aliphatic carbocycles. The Kier molecular flexibility index (Phi) is 4.72. The first-order valence-electron chi connectivity index (χ1n) is 5.84. The van der Waals surface area contributed by atoms with Crippen molar-refractivity contribution >= 4 is 0 Å². The molecule has 0 heterocycles. The van der Waals surface area contributed by atoms with E-state index in [2.05, 4.69) is 45.0 Å². The summed E-state index contributed by atoms with van der Waals surface area (Å²) in [5.41, 5.74) is 2.92. The molecule has 78 valence electrons. The molecule has 0 aliphatic rings. The summed E-state index contributed by atoms with van der Waals surface area (Å²) >= 11 is 0. The number of hydrogen-bond donors (Lipinski definition) is 0. The average Bonchev–Trinajstić information content (AvgIpc) is 2.17. The van der Waals surface area contributed by atoms with E-state index in [1.54, 1.807) is 0 Å². The third-order valence-corrected chi connectivity index (χ3v) is 2.79. The molecule has 0 unspecified atom stereocenters. The molecular formula is C14H22. The Bertz CT molecular complexity index is 256. The molecule has 0 saturated carbocycles. The van der Waals surface area contributed by atoms with Crippen molar-refractivity contribution in [2.24, 2.45) is 0 Å². The molecule has 0 atom stereocenters. The summed E-state index contributed by atoms with van der Waals surface area (Å²) in [7, 11) is 0. The van der Waals surface area contributed by atoms with Crippen LogP contribution in [0.25, 0.3) is 0 Å². The van der Waals surface area contributed by atoms with Gasteiger partial charge in [0.1, 0.15) is 0 Å². The fourth-order valence-electron chi connectivity index (χ4n) is 2.10. The van der Waals surface area contributed by atoms with Crippen LogP contribution in [0.15, 0.2) is 24.3 Å². The quantitative estimate of drug-likeness (QED) is 0.632. The van der Waals surface area contributed by atoms with E-state index >= 15 is 0 Å². The summed E-state index contributed by atoms with van der Waals surface area (Å²) < 4.78 is 0. The first-order chi connectivity index (χ1) is 6.77. The van der Waals surface area contributed by atoms with Gasteiger partial charge in [-0.05, 0) is 31.2 Å². The number of rotatable bonds is 5. The summed E-state index contributed by atoms with van der Waals surface area (Å²) in [6.07, 6.45) is 5.24. The third kappa shape index (κ3) is 3.17. The molecule has 0 fully saturated rings. The van der Waals surface area contributed by atoms with E-state index in [1.807, 2.05) is 0 Å². The molecule has 0 spiro atoms. The van der Waals surface area contributed by atoms with Gasteiger partial charge >= 0.3 is 0 Å².